The Morgan fingerprint density at radius 3 is 2.89 bits per heavy atom. The van der Waals surface area contributed by atoms with E-state index in [0.29, 0.717) is 18.9 Å². The maximum Gasteiger partial charge on any atom is 0.244 e. The van der Waals surface area contributed by atoms with Crippen molar-refractivity contribution in [2.75, 3.05) is 25.6 Å². The molecule has 19 heavy (non-hydrogen) atoms. The Balaban J connectivity index is 1.86. The molecule has 3 N–H and O–H groups in total. The molecule has 1 saturated carbocycles. The fourth-order valence-electron chi connectivity index (χ4n) is 1.67. The third-order valence-corrected chi connectivity index (χ3v) is 3.09. The van der Waals surface area contributed by atoms with Crippen LogP contribution in [0, 0.1) is 0 Å². The summed E-state index contributed by atoms with van der Waals surface area (Å²) >= 11 is 0. The molecule has 0 aliphatic heterocycles. The number of benzene rings is 1. The van der Waals surface area contributed by atoms with Gasteiger partial charge in [-0.1, -0.05) is 6.07 Å². The van der Waals surface area contributed by atoms with Crippen molar-refractivity contribution in [2.24, 2.45) is 5.73 Å². The van der Waals surface area contributed by atoms with E-state index in [1.807, 2.05) is 18.2 Å². The summed E-state index contributed by atoms with van der Waals surface area (Å²) in [4.78, 5) is 11.8. The van der Waals surface area contributed by atoms with Crippen LogP contribution in [-0.2, 0) is 9.53 Å². The van der Waals surface area contributed by atoms with Crippen molar-refractivity contribution in [2.45, 2.75) is 24.8 Å². The van der Waals surface area contributed by atoms with Gasteiger partial charge in [0, 0.05) is 31.9 Å². The van der Waals surface area contributed by atoms with Gasteiger partial charge < -0.3 is 20.5 Å². The van der Waals surface area contributed by atoms with E-state index in [0.717, 1.165) is 25.0 Å². The molecule has 1 aromatic rings. The summed E-state index contributed by atoms with van der Waals surface area (Å²) < 4.78 is 10.5. The number of hydrogen-bond acceptors (Lipinski definition) is 4. The molecular formula is C14H20N2O3. The van der Waals surface area contributed by atoms with Crippen LogP contribution in [0.4, 0.5) is 5.69 Å². The van der Waals surface area contributed by atoms with Gasteiger partial charge in [0.1, 0.15) is 5.75 Å². The maximum absolute atomic E-state index is 11.8. The topological polar surface area (TPSA) is 73.6 Å². The van der Waals surface area contributed by atoms with Gasteiger partial charge >= 0.3 is 0 Å². The molecule has 1 fully saturated rings. The van der Waals surface area contributed by atoms with E-state index in [-0.39, 0.29) is 5.91 Å². The molecule has 0 aromatic heterocycles. The van der Waals surface area contributed by atoms with Crippen molar-refractivity contribution in [1.29, 1.82) is 0 Å². The molecule has 2 rings (SSSR count). The highest BCUT2D eigenvalue weighted by atomic mass is 16.5. The Morgan fingerprint density at radius 2 is 2.21 bits per heavy atom. The second-order valence-corrected chi connectivity index (χ2v) is 4.83. The molecule has 1 aliphatic carbocycles. The average molecular weight is 264 g/mol. The lowest BCUT2D eigenvalue weighted by molar-refractivity contribution is -0.118. The van der Waals surface area contributed by atoms with Crippen molar-refractivity contribution in [3.05, 3.63) is 24.3 Å². The lowest BCUT2D eigenvalue weighted by Crippen LogP contribution is -2.37. The zero-order valence-electron chi connectivity index (χ0n) is 11.1. The summed E-state index contributed by atoms with van der Waals surface area (Å²) in [6.07, 6.45) is 2.34. The van der Waals surface area contributed by atoms with Gasteiger partial charge in [-0.15, -0.1) is 0 Å². The second kappa shape index (κ2) is 6.04. The number of hydrogen-bond donors (Lipinski definition) is 2. The van der Waals surface area contributed by atoms with Crippen LogP contribution in [0.1, 0.15) is 19.3 Å². The van der Waals surface area contributed by atoms with Crippen LogP contribution in [0.15, 0.2) is 24.3 Å². The summed E-state index contributed by atoms with van der Waals surface area (Å²) in [5.74, 6) is 0.611. The largest absolute Gasteiger partial charge is 0.493 e. The van der Waals surface area contributed by atoms with E-state index in [4.69, 9.17) is 15.2 Å². The normalized spacial score (nSPS) is 15.9. The van der Waals surface area contributed by atoms with Crippen LogP contribution >= 0.6 is 0 Å². The van der Waals surface area contributed by atoms with E-state index in [1.165, 1.54) is 0 Å². The standard InChI is InChI=1S/C14H20N2O3/c1-18-8-3-9-19-12-5-2-4-11(10-12)16-13(17)14(15)6-7-14/h2,4-5,10H,3,6-9,15H2,1H3,(H,16,17). The van der Waals surface area contributed by atoms with Gasteiger partial charge in [-0.25, -0.2) is 0 Å². The molecule has 5 heteroatoms. The molecule has 0 bridgehead atoms. The molecular weight excluding hydrogens is 244 g/mol. The average Bonchev–Trinajstić information content (AvgIpc) is 3.15. The van der Waals surface area contributed by atoms with Gasteiger partial charge in [-0.05, 0) is 25.0 Å². The molecule has 104 valence electrons. The third kappa shape index (κ3) is 3.94. The van der Waals surface area contributed by atoms with Crippen molar-refractivity contribution >= 4 is 11.6 Å². The highest BCUT2D eigenvalue weighted by Crippen LogP contribution is 2.33. The Bertz CT molecular complexity index is 444. The minimum atomic E-state index is -0.657. The Morgan fingerprint density at radius 1 is 1.42 bits per heavy atom. The first-order valence-corrected chi connectivity index (χ1v) is 6.46. The third-order valence-electron chi connectivity index (χ3n) is 3.09. The molecule has 1 amide bonds. The summed E-state index contributed by atoms with van der Waals surface area (Å²) in [5, 5.41) is 2.82. The van der Waals surface area contributed by atoms with E-state index < -0.39 is 5.54 Å². The Hall–Kier alpha value is -1.59. The van der Waals surface area contributed by atoms with Gasteiger partial charge in [0.05, 0.1) is 12.1 Å². The van der Waals surface area contributed by atoms with Gasteiger partial charge in [-0.3, -0.25) is 4.79 Å². The first-order chi connectivity index (χ1) is 9.14. The number of methoxy groups -OCH3 is 1. The first kappa shape index (κ1) is 13.8. The quantitative estimate of drug-likeness (QED) is 0.732. The second-order valence-electron chi connectivity index (χ2n) is 4.83. The number of carbonyl (C=O) groups excluding carboxylic acids is 1. The zero-order valence-corrected chi connectivity index (χ0v) is 11.1. The van der Waals surface area contributed by atoms with Gasteiger partial charge in [0.15, 0.2) is 0 Å². The smallest absolute Gasteiger partial charge is 0.244 e. The van der Waals surface area contributed by atoms with E-state index in [2.05, 4.69) is 5.32 Å². The van der Waals surface area contributed by atoms with Crippen molar-refractivity contribution < 1.29 is 14.3 Å². The summed E-state index contributed by atoms with van der Waals surface area (Å²) in [7, 11) is 1.66. The van der Waals surface area contributed by atoms with Crippen LogP contribution in [-0.4, -0.2) is 31.8 Å². The summed E-state index contributed by atoms with van der Waals surface area (Å²) in [6.45, 7) is 1.26. The molecule has 0 heterocycles. The fraction of sp³-hybridized carbons (Fsp3) is 0.500. The number of carbonyl (C=O) groups is 1. The Labute approximate surface area is 113 Å². The van der Waals surface area contributed by atoms with E-state index in [9.17, 15) is 4.79 Å². The molecule has 0 atom stereocenters. The van der Waals surface area contributed by atoms with Crippen molar-refractivity contribution in [1.82, 2.24) is 0 Å². The lowest BCUT2D eigenvalue weighted by atomic mass is 10.2. The molecule has 5 nitrogen and oxygen atoms in total. The molecule has 0 spiro atoms. The van der Waals surface area contributed by atoms with Crippen molar-refractivity contribution in [3.8, 4) is 5.75 Å². The highest BCUT2D eigenvalue weighted by molar-refractivity contribution is 6.00. The van der Waals surface area contributed by atoms with E-state index in [1.54, 1.807) is 13.2 Å². The highest BCUT2D eigenvalue weighted by Gasteiger charge is 2.45. The first-order valence-electron chi connectivity index (χ1n) is 6.46. The molecule has 0 saturated heterocycles. The summed E-state index contributed by atoms with van der Waals surface area (Å²) in [6, 6.07) is 7.33. The zero-order chi connectivity index (χ0) is 13.7. The van der Waals surface area contributed by atoms with Crippen LogP contribution in [0.5, 0.6) is 5.75 Å². The molecule has 1 aromatic carbocycles. The number of nitrogens with one attached hydrogen (secondary N) is 1. The van der Waals surface area contributed by atoms with Gasteiger partial charge in [0.25, 0.3) is 0 Å². The van der Waals surface area contributed by atoms with Crippen LogP contribution in [0.3, 0.4) is 0 Å². The number of rotatable bonds is 7. The molecule has 0 radical (unpaired) electrons. The van der Waals surface area contributed by atoms with Crippen LogP contribution in [0.25, 0.3) is 0 Å². The predicted octanol–water partition coefficient (Wildman–Crippen LogP) is 1.53. The molecule has 0 unspecified atom stereocenters. The van der Waals surface area contributed by atoms with E-state index >= 15 is 0 Å². The van der Waals surface area contributed by atoms with Gasteiger partial charge in [-0.2, -0.15) is 0 Å². The SMILES string of the molecule is COCCCOc1cccc(NC(=O)C2(N)CC2)c1. The minimum absolute atomic E-state index is 0.121. The summed E-state index contributed by atoms with van der Waals surface area (Å²) in [5.41, 5.74) is 5.89. The maximum atomic E-state index is 11.8. The number of anilines is 1. The number of nitrogens with two attached hydrogens (primary N) is 1. The van der Waals surface area contributed by atoms with Crippen molar-refractivity contribution in [3.63, 3.8) is 0 Å². The number of ether oxygens (including phenoxy) is 2. The van der Waals surface area contributed by atoms with Crippen LogP contribution in [0.2, 0.25) is 0 Å². The minimum Gasteiger partial charge on any atom is -0.493 e. The monoisotopic (exact) mass is 264 g/mol. The van der Waals surface area contributed by atoms with Gasteiger partial charge in [0.2, 0.25) is 5.91 Å². The Kier molecular flexibility index (Phi) is 4.39. The van der Waals surface area contributed by atoms with Crippen LogP contribution < -0.4 is 15.8 Å². The number of amides is 1. The lowest BCUT2D eigenvalue weighted by Gasteiger charge is -2.11. The predicted molar refractivity (Wildman–Crippen MR) is 73.2 cm³/mol. The fourth-order valence-corrected chi connectivity index (χ4v) is 1.67. The molecule has 1 aliphatic rings.